The predicted octanol–water partition coefficient (Wildman–Crippen LogP) is 3.37. The topological polar surface area (TPSA) is 27.1 Å². The molecule has 3 nitrogen and oxygen atoms in total. The van der Waals surface area contributed by atoms with Gasteiger partial charge in [0.25, 0.3) is 0 Å². The van der Waals surface area contributed by atoms with Crippen molar-refractivity contribution in [3.63, 3.8) is 0 Å². The first-order chi connectivity index (χ1) is 8.20. The van der Waals surface area contributed by atoms with Crippen LogP contribution in [0.4, 0.5) is 0 Å². The van der Waals surface area contributed by atoms with Crippen LogP contribution in [0.1, 0.15) is 5.56 Å². The second-order valence-corrected chi connectivity index (χ2v) is 4.94. The molecule has 0 atom stereocenters. The van der Waals surface area contributed by atoms with Crippen molar-refractivity contribution in [3.8, 4) is 5.75 Å². The van der Waals surface area contributed by atoms with Crippen molar-refractivity contribution in [3.05, 3.63) is 41.2 Å². The van der Waals surface area contributed by atoms with Gasteiger partial charge in [0.15, 0.2) is 5.16 Å². The Kier molecular flexibility index (Phi) is 3.97. The largest absolute Gasteiger partial charge is 0.496 e. The van der Waals surface area contributed by atoms with Crippen LogP contribution in [-0.2, 0) is 12.8 Å². The monoisotopic (exact) mass is 268 g/mol. The summed E-state index contributed by atoms with van der Waals surface area (Å²) in [6, 6.07) is 5.64. The Balaban J connectivity index is 2.13. The fourth-order valence-electron chi connectivity index (χ4n) is 1.49. The van der Waals surface area contributed by atoms with Crippen molar-refractivity contribution in [1.82, 2.24) is 9.55 Å². The Morgan fingerprint density at radius 2 is 2.29 bits per heavy atom. The molecule has 0 spiro atoms. The normalized spacial score (nSPS) is 10.5. The van der Waals surface area contributed by atoms with Gasteiger partial charge in [-0.05, 0) is 18.2 Å². The van der Waals surface area contributed by atoms with E-state index in [0.717, 1.165) is 27.2 Å². The second-order valence-electron chi connectivity index (χ2n) is 3.57. The van der Waals surface area contributed by atoms with Crippen LogP contribution in [0.5, 0.6) is 5.75 Å². The number of nitrogens with zero attached hydrogens (tertiary/aromatic N) is 2. The molecule has 0 aliphatic heterocycles. The van der Waals surface area contributed by atoms with Crippen LogP contribution in [0.15, 0.2) is 35.7 Å². The molecule has 1 aromatic heterocycles. The van der Waals surface area contributed by atoms with Gasteiger partial charge in [0.1, 0.15) is 5.75 Å². The quantitative estimate of drug-likeness (QED) is 0.796. The molecule has 0 unspecified atom stereocenters. The van der Waals surface area contributed by atoms with Gasteiger partial charge in [-0.15, -0.1) is 0 Å². The molecule has 1 heterocycles. The Morgan fingerprint density at radius 1 is 1.47 bits per heavy atom. The van der Waals surface area contributed by atoms with Crippen molar-refractivity contribution >= 4 is 23.4 Å². The maximum atomic E-state index is 5.98. The number of hydrogen-bond acceptors (Lipinski definition) is 3. The van der Waals surface area contributed by atoms with Crippen LogP contribution >= 0.6 is 23.4 Å². The van der Waals surface area contributed by atoms with Crippen molar-refractivity contribution in [2.24, 2.45) is 7.05 Å². The first kappa shape index (κ1) is 12.3. The Morgan fingerprint density at radius 3 is 2.94 bits per heavy atom. The molecule has 5 heteroatoms. The molecule has 0 saturated carbocycles. The lowest BCUT2D eigenvalue weighted by Crippen LogP contribution is -1.93. The molecule has 2 aromatic rings. The van der Waals surface area contributed by atoms with E-state index in [1.807, 2.05) is 36.0 Å². The molecule has 0 aliphatic carbocycles. The molecular weight excluding hydrogens is 256 g/mol. The number of hydrogen-bond donors (Lipinski definition) is 0. The van der Waals surface area contributed by atoms with E-state index >= 15 is 0 Å². The lowest BCUT2D eigenvalue weighted by Gasteiger charge is -2.08. The van der Waals surface area contributed by atoms with Crippen LogP contribution in [0.2, 0.25) is 5.02 Å². The average molecular weight is 269 g/mol. The summed E-state index contributed by atoms with van der Waals surface area (Å²) >= 11 is 7.64. The molecule has 0 amide bonds. The summed E-state index contributed by atoms with van der Waals surface area (Å²) in [5.74, 6) is 1.64. The summed E-state index contributed by atoms with van der Waals surface area (Å²) in [5.41, 5.74) is 1.08. The standard InChI is InChI=1S/C12H13ClN2OS/c1-15-6-5-14-12(15)17-8-9-7-10(13)3-4-11(9)16-2/h3-7H,8H2,1-2H3. The number of aromatic nitrogens is 2. The Bertz CT molecular complexity index is 513. The summed E-state index contributed by atoms with van der Waals surface area (Å²) in [4.78, 5) is 4.26. The first-order valence-corrected chi connectivity index (χ1v) is 6.49. The van der Waals surface area contributed by atoms with Crippen LogP contribution in [0, 0.1) is 0 Å². The molecule has 0 bridgehead atoms. The van der Waals surface area contributed by atoms with Gasteiger partial charge in [0, 0.05) is 35.8 Å². The first-order valence-electron chi connectivity index (χ1n) is 5.13. The lowest BCUT2D eigenvalue weighted by atomic mass is 10.2. The Labute approximate surface area is 110 Å². The minimum atomic E-state index is 0.723. The van der Waals surface area contributed by atoms with E-state index < -0.39 is 0 Å². The third-order valence-electron chi connectivity index (χ3n) is 2.38. The third kappa shape index (κ3) is 2.96. The number of halogens is 1. The number of ether oxygens (including phenoxy) is 1. The predicted molar refractivity (Wildman–Crippen MR) is 70.8 cm³/mol. The van der Waals surface area contributed by atoms with E-state index in [-0.39, 0.29) is 0 Å². The minimum absolute atomic E-state index is 0.723. The fourth-order valence-corrected chi connectivity index (χ4v) is 2.60. The molecule has 0 saturated heterocycles. The zero-order chi connectivity index (χ0) is 12.3. The maximum Gasteiger partial charge on any atom is 0.167 e. The van der Waals surface area contributed by atoms with Crippen molar-refractivity contribution in [2.75, 3.05) is 7.11 Å². The summed E-state index contributed by atoms with van der Waals surface area (Å²) in [7, 11) is 3.64. The van der Waals surface area contributed by atoms with Gasteiger partial charge >= 0.3 is 0 Å². The van der Waals surface area contributed by atoms with Crippen LogP contribution < -0.4 is 4.74 Å². The van der Waals surface area contributed by atoms with Crippen LogP contribution in [0.25, 0.3) is 0 Å². The molecular formula is C12H13ClN2OS. The lowest BCUT2D eigenvalue weighted by molar-refractivity contribution is 0.411. The summed E-state index contributed by atoms with van der Waals surface area (Å²) < 4.78 is 7.29. The number of rotatable bonds is 4. The number of imidazole rings is 1. The zero-order valence-corrected chi connectivity index (χ0v) is 11.3. The highest BCUT2D eigenvalue weighted by atomic mass is 35.5. The second kappa shape index (κ2) is 5.47. The Hall–Kier alpha value is -1.13. The van der Waals surface area contributed by atoms with Crippen molar-refractivity contribution < 1.29 is 4.74 Å². The maximum absolute atomic E-state index is 5.98. The number of benzene rings is 1. The van der Waals surface area contributed by atoms with Gasteiger partial charge in [-0.1, -0.05) is 23.4 Å². The number of aryl methyl sites for hydroxylation is 1. The van der Waals surface area contributed by atoms with Crippen molar-refractivity contribution in [2.45, 2.75) is 10.9 Å². The average Bonchev–Trinajstić information content (AvgIpc) is 2.72. The van der Waals surface area contributed by atoms with Gasteiger partial charge in [0.2, 0.25) is 0 Å². The molecule has 2 rings (SSSR count). The number of thioether (sulfide) groups is 1. The van der Waals surface area contributed by atoms with E-state index in [4.69, 9.17) is 16.3 Å². The smallest absolute Gasteiger partial charge is 0.167 e. The molecule has 0 aliphatic rings. The molecule has 0 fully saturated rings. The van der Waals surface area contributed by atoms with E-state index in [2.05, 4.69) is 4.98 Å². The third-order valence-corrected chi connectivity index (χ3v) is 3.72. The summed E-state index contributed by atoms with van der Waals surface area (Å²) in [6.45, 7) is 0. The van der Waals surface area contributed by atoms with Crippen molar-refractivity contribution in [1.29, 1.82) is 0 Å². The van der Waals surface area contributed by atoms with E-state index in [9.17, 15) is 0 Å². The zero-order valence-electron chi connectivity index (χ0n) is 9.68. The highest BCUT2D eigenvalue weighted by molar-refractivity contribution is 7.98. The van der Waals surface area contributed by atoms with Gasteiger partial charge in [-0.2, -0.15) is 0 Å². The highest BCUT2D eigenvalue weighted by Crippen LogP contribution is 2.29. The molecule has 1 aromatic carbocycles. The molecule has 17 heavy (non-hydrogen) atoms. The van der Waals surface area contributed by atoms with Gasteiger partial charge in [0.05, 0.1) is 7.11 Å². The fraction of sp³-hybridized carbons (Fsp3) is 0.250. The molecule has 0 N–H and O–H groups in total. The summed E-state index contributed by atoms with van der Waals surface area (Å²) in [5, 5.41) is 1.70. The van der Waals surface area contributed by atoms with Gasteiger partial charge < -0.3 is 9.30 Å². The summed E-state index contributed by atoms with van der Waals surface area (Å²) in [6.07, 6.45) is 3.72. The van der Waals surface area contributed by atoms with E-state index in [1.165, 1.54) is 0 Å². The van der Waals surface area contributed by atoms with E-state index in [1.54, 1.807) is 25.1 Å². The molecule has 0 radical (unpaired) electrons. The van der Waals surface area contributed by atoms with Gasteiger partial charge in [-0.25, -0.2) is 4.98 Å². The van der Waals surface area contributed by atoms with Crippen LogP contribution in [-0.4, -0.2) is 16.7 Å². The van der Waals surface area contributed by atoms with Crippen LogP contribution in [0.3, 0.4) is 0 Å². The van der Waals surface area contributed by atoms with Gasteiger partial charge in [-0.3, -0.25) is 0 Å². The molecule has 90 valence electrons. The SMILES string of the molecule is COc1ccc(Cl)cc1CSc1nccn1C. The van der Waals surface area contributed by atoms with E-state index in [0.29, 0.717) is 0 Å². The minimum Gasteiger partial charge on any atom is -0.496 e. The highest BCUT2D eigenvalue weighted by Gasteiger charge is 2.06. The number of methoxy groups -OCH3 is 1.